The van der Waals surface area contributed by atoms with Crippen molar-refractivity contribution in [2.24, 2.45) is 0 Å². The van der Waals surface area contributed by atoms with Crippen LogP contribution in [-0.4, -0.2) is 24.5 Å². The molecule has 0 radical (unpaired) electrons. The predicted molar refractivity (Wildman–Crippen MR) is 66.0 cm³/mol. The smallest absolute Gasteiger partial charge is 0.251 e. The summed E-state index contributed by atoms with van der Waals surface area (Å²) in [7, 11) is 1.73. The molecule has 4 nitrogen and oxygen atoms in total. The van der Waals surface area contributed by atoms with Gasteiger partial charge in [0, 0.05) is 19.2 Å². The van der Waals surface area contributed by atoms with Gasteiger partial charge in [0.1, 0.15) is 11.0 Å². The van der Waals surface area contributed by atoms with Crippen LogP contribution in [0.3, 0.4) is 0 Å². The molecule has 0 unspecified atom stereocenters. The lowest BCUT2D eigenvalue weighted by molar-refractivity contribution is 0.0953. The molecule has 0 aliphatic carbocycles. The summed E-state index contributed by atoms with van der Waals surface area (Å²) in [4.78, 5) is 15.7. The molecule has 1 aromatic heterocycles. The molecule has 1 heterocycles. The number of carbonyl (C=O) groups excluding carboxylic acids is 1. The fourth-order valence-corrected chi connectivity index (χ4v) is 1.45. The van der Waals surface area contributed by atoms with Crippen molar-refractivity contribution in [1.29, 1.82) is 0 Å². The second-order valence-electron chi connectivity index (χ2n) is 3.42. The Morgan fingerprint density at radius 3 is 2.88 bits per heavy atom. The third kappa shape index (κ3) is 3.70. The second kappa shape index (κ2) is 6.33. The highest BCUT2D eigenvalue weighted by Crippen LogP contribution is 2.13. The minimum atomic E-state index is -0.116. The summed E-state index contributed by atoms with van der Waals surface area (Å²) < 4.78 is 0. The van der Waals surface area contributed by atoms with Crippen molar-refractivity contribution in [3.63, 3.8) is 0 Å². The molecule has 1 rings (SSSR count). The van der Waals surface area contributed by atoms with E-state index >= 15 is 0 Å². The first kappa shape index (κ1) is 12.8. The first-order chi connectivity index (χ1) is 7.67. The van der Waals surface area contributed by atoms with Gasteiger partial charge in [-0.3, -0.25) is 4.79 Å². The second-order valence-corrected chi connectivity index (χ2v) is 3.81. The molecule has 88 valence electrons. The summed E-state index contributed by atoms with van der Waals surface area (Å²) >= 11 is 5.80. The van der Waals surface area contributed by atoms with Gasteiger partial charge in [-0.2, -0.15) is 0 Å². The number of pyridine rings is 1. The molecule has 0 fully saturated rings. The maximum absolute atomic E-state index is 11.7. The SMILES string of the molecule is CCCCNC(=O)c1cc(Cl)nc(NC)c1. The zero-order valence-electron chi connectivity index (χ0n) is 9.51. The number of hydrogen-bond donors (Lipinski definition) is 2. The van der Waals surface area contributed by atoms with E-state index in [0.29, 0.717) is 23.1 Å². The van der Waals surface area contributed by atoms with E-state index in [0.717, 1.165) is 12.8 Å². The van der Waals surface area contributed by atoms with E-state index in [9.17, 15) is 4.79 Å². The van der Waals surface area contributed by atoms with E-state index in [4.69, 9.17) is 11.6 Å². The summed E-state index contributed by atoms with van der Waals surface area (Å²) in [5.41, 5.74) is 0.528. The Balaban J connectivity index is 2.71. The van der Waals surface area contributed by atoms with Crippen LogP contribution in [0.4, 0.5) is 5.82 Å². The number of aromatic nitrogens is 1. The summed E-state index contributed by atoms with van der Waals surface area (Å²) in [5, 5.41) is 5.99. The normalized spacial score (nSPS) is 9.94. The van der Waals surface area contributed by atoms with Gasteiger partial charge in [0.15, 0.2) is 0 Å². The number of halogens is 1. The van der Waals surface area contributed by atoms with Gasteiger partial charge in [-0.1, -0.05) is 24.9 Å². The Kier molecular flexibility index (Phi) is 5.05. The highest BCUT2D eigenvalue weighted by Gasteiger charge is 2.07. The minimum absolute atomic E-state index is 0.116. The predicted octanol–water partition coefficient (Wildman–Crippen LogP) is 2.31. The van der Waals surface area contributed by atoms with Crippen LogP contribution in [0.25, 0.3) is 0 Å². The zero-order chi connectivity index (χ0) is 12.0. The largest absolute Gasteiger partial charge is 0.373 e. The molecule has 0 aliphatic rings. The van der Waals surface area contributed by atoms with Gasteiger partial charge >= 0.3 is 0 Å². The highest BCUT2D eigenvalue weighted by atomic mass is 35.5. The third-order valence-electron chi connectivity index (χ3n) is 2.13. The number of amides is 1. The molecule has 0 aliphatic heterocycles. The van der Waals surface area contributed by atoms with Crippen molar-refractivity contribution in [2.45, 2.75) is 19.8 Å². The van der Waals surface area contributed by atoms with Gasteiger partial charge in [0.25, 0.3) is 5.91 Å². The van der Waals surface area contributed by atoms with Crippen LogP contribution in [0.15, 0.2) is 12.1 Å². The average molecular weight is 242 g/mol. The molecule has 2 N–H and O–H groups in total. The number of nitrogens with one attached hydrogen (secondary N) is 2. The lowest BCUT2D eigenvalue weighted by Gasteiger charge is -2.06. The van der Waals surface area contributed by atoms with Crippen LogP contribution in [0.5, 0.6) is 0 Å². The number of hydrogen-bond acceptors (Lipinski definition) is 3. The van der Waals surface area contributed by atoms with E-state index in [-0.39, 0.29) is 5.91 Å². The number of unbranched alkanes of at least 4 members (excludes halogenated alkanes) is 1. The molecule has 0 bridgehead atoms. The van der Waals surface area contributed by atoms with Crippen LogP contribution in [0, 0.1) is 0 Å². The monoisotopic (exact) mass is 241 g/mol. The average Bonchev–Trinajstić information content (AvgIpc) is 2.28. The Morgan fingerprint density at radius 2 is 2.25 bits per heavy atom. The Hall–Kier alpha value is -1.29. The van der Waals surface area contributed by atoms with E-state index < -0.39 is 0 Å². The summed E-state index contributed by atoms with van der Waals surface area (Å²) in [6, 6.07) is 3.23. The van der Waals surface area contributed by atoms with Gasteiger partial charge in [-0.25, -0.2) is 4.98 Å². The van der Waals surface area contributed by atoms with Crippen molar-refractivity contribution in [3.05, 3.63) is 22.8 Å². The zero-order valence-corrected chi connectivity index (χ0v) is 10.3. The van der Waals surface area contributed by atoms with E-state index in [1.165, 1.54) is 0 Å². The fraction of sp³-hybridized carbons (Fsp3) is 0.455. The lowest BCUT2D eigenvalue weighted by atomic mass is 10.2. The van der Waals surface area contributed by atoms with Crippen LogP contribution < -0.4 is 10.6 Å². The Bertz CT molecular complexity index is 368. The first-order valence-corrected chi connectivity index (χ1v) is 5.68. The van der Waals surface area contributed by atoms with E-state index in [2.05, 4.69) is 22.5 Å². The van der Waals surface area contributed by atoms with Crippen LogP contribution >= 0.6 is 11.6 Å². The maximum atomic E-state index is 11.7. The molecule has 0 saturated carbocycles. The first-order valence-electron chi connectivity index (χ1n) is 5.31. The highest BCUT2D eigenvalue weighted by molar-refractivity contribution is 6.29. The molecule has 0 spiro atoms. The third-order valence-corrected chi connectivity index (χ3v) is 2.32. The van der Waals surface area contributed by atoms with Gasteiger partial charge in [-0.15, -0.1) is 0 Å². The van der Waals surface area contributed by atoms with Crippen LogP contribution in [0.2, 0.25) is 5.15 Å². The molecular weight excluding hydrogens is 226 g/mol. The van der Waals surface area contributed by atoms with Gasteiger partial charge in [0.2, 0.25) is 0 Å². The quantitative estimate of drug-likeness (QED) is 0.615. The summed E-state index contributed by atoms with van der Waals surface area (Å²) in [6.07, 6.45) is 2.03. The fourth-order valence-electron chi connectivity index (χ4n) is 1.24. The Labute approximate surface area is 100 Å². The van der Waals surface area contributed by atoms with Crippen molar-refractivity contribution in [1.82, 2.24) is 10.3 Å². The van der Waals surface area contributed by atoms with Crippen molar-refractivity contribution < 1.29 is 4.79 Å². The van der Waals surface area contributed by atoms with Gasteiger partial charge < -0.3 is 10.6 Å². The van der Waals surface area contributed by atoms with Crippen LogP contribution in [0.1, 0.15) is 30.1 Å². The molecule has 0 atom stereocenters. The van der Waals surface area contributed by atoms with E-state index in [1.807, 2.05) is 0 Å². The number of rotatable bonds is 5. The molecular formula is C11H16ClN3O. The van der Waals surface area contributed by atoms with Gasteiger partial charge in [-0.05, 0) is 18.6 Å². The molecule has 16 heavy (non-hydrogen) atoms. The molecule has 1 aromatic rings. The van der Waals surface area contributed by atoms with Crippen molar-refractivity contribution in [2.75, 3.05) is 18.9 Å². The lowest BCUT2D eigenvalue weighted by Crippen LogP contribution is -2.24. The molecule has 5 heteroatoms. The maximum Gasteiger partial charge on any atom is 0.251 e. The molecule has 0 saturated heterocycles. The number of anilines is 1. The Morgan fingerprint density at radius 1 is 1.50 bits per heavy atom. The van der Waals surface area contributed by atoms with E-state index in [1.54, 1.807) is 19.2 Å². The molecule has 1 amide bonds. The summed E-state index contributed by atoms with van der Waals surface area (Å²) in [5.74, 6) is 0.474. The standard InChI is InChI=1S/C11H16ClN3O/c1-3-4-5-14-11(16)8-6-9(12)15-10(7-8)13-2/h6-7H,3-5H2,1-2H3,(H,13,15)(H,14,16). The van der Waals surface area contributed by atoms with Crippen LogP contribution in [-0.2, 0) is 0 Å². The summed E-state index contributed by atoms with van der Waals surface area (Å²) in [6.45, 7) is 2.76. The van der Waals surface area contributed by atoms with Gasteiger partial charge in [0.05, 0.1) is 0 Å². The number of carbonyl (C=O) groups is 1. The van der Waals surface area contributed by atoms with Crippen molar-refractivity contribution in [3.8, 4) is 0 Å². The number of nitrogens with zero attached hydrogens (tertiary/aromatic N) is 1. The minimum Gasteiger partial charge on any atom is -0.373 e. The van der Waals surface area contributed by atoms with Crippen molar-refractivity contribution >= 4 is 23.3 Å². The molecule has 0 aromatic carbocycles. The topological polar surface area (TPSA) is 54.0 Å².